The van der Waals surface area contributed by atoms with E-state index in [1.807, 2.05) is 27.7 Å². The number of carbonyl (C=O) groups excluding carboxylic acids is 1. The van der Waals surface area contributed by atoms with Crippen molar-refractivity contribution in [2.75, 3.05) is 12.4 Å². The van der Waals surface area contributed by atoms with Gasteiger partial charge < -0.3 is 19.9 Å². The number of nitrogens with zero attached hydrogens (tertiary/aromatic N) is 1. The summed E-state index contributed by atoms with van der Waals surface area (Å²) < 4.78 is 11.0. The summed E-state index contributed by atoms with van der Waals surface area (Å²) in [4.78, 5) is 17.0. The first-order chi connectivity index (χ1) is 13.2. The third kappa shape index (κ3) is 4.94. The molecule has 1 heterocycles. The molecule has 0 aliphatic rings. The van der Waals surface area contributed by atoms with Gasteiger partial charge in [0.1, 0.15) is 11.3 Å². The molecule has 28 heavy (non-hydrogen) atoms. The highest BCUT2D eigenvalue weighted by molar-refractivity contribution is 6.30. The lowest BCUT2D eigenvalue weighted by Crippen LogP contribution is -2.31. The normalized spacial score (nSPS) is 13.0. The second kappa shape index (κ2) is 9.26. The van der Waals surface area contributed by atoms with E-state index in [0.29, 0.717) is 28.6 Å². The number of carbonyl (C=O) groups is 1. The van der Waals surface area contributed by atoms with E-state index in [2.05, 4.69) is 10.3 Å². The number of methoxy groups -OCH3 is 1. The molecule has 2 aromatic rings. The fourth-order valence-corrected chi connectivity index (χ4v) is 3.38. The molecule has 0 unspecified atom stereocenters. The number of anilines is 1. The molecule has 2 atom stereocenters. The number of halogens is 1. The highest BCUT2D eigenvalue weighted by Crippen LogP contribution is 2.35. The molecule has 0 fully saturated rings. The summed E-state index contributed by atoms with van der Waals surface area (Å²) in [6.45, 7) is 9.21. The molecule has 0 saturated carbocycles. The number of nitrogens with one attached hydrogen (secondary N) is 1. The van der Waals surface area contributed by atoms with Gasteiger partial charge in [-0.05, 0) is 63.4 Å². The quantitative estimate of drug-likeness (QED) is 0.642. The maximum absolute atomic E-state index is 12.6. The van der Waals surface area contributed by atoms with E-state index in [1.54, 1.807) is 25.1 Å². The minimum atomic E-state index is -0.603. The van der Waals surface area contributed by atoms with Crippen LogP contribution in [0.25, 0.3) is 0 Å². The van der Waals surface area contributed by atoms with Crippen molar-refractivity contribution in [1.29, 1.82) is 0 Å². The Labute approximate surface area is 170 Å². The second-order valence-electron chi connectivity index (χ2n) is 6.85. The Morgan fingerprint density at radius 2 is 1.86 bits per heavy atom. The van der Waals surface area contributed by atoms with E-state index in [0.717, 1.165) is 11.1 Å². The number of rotatable bonds is 7. The summed E-state index contributed by atoms with van der Waals surface area (Å²) in [5.41, 5.74) is 3.00. The lowest BCUT2D eigenvalue weighted by molar-refractivity contribution is 0.0597. The van der Waals surface area contributed by atoms with Gasteiger partial charge in [0, 0.05) is 10.7 Å². The van der Waals surface area contributed by atoms with Crippen LogP contribution in [0.4, 0.5) is 5.69 Å². The topological polar surface area (TPSA) is 80.7 Å². The first kappa shape index (κ1) is 22.0. The summed E-state index contributed by atoms with van der Waals surface area (Å²) in [6.07, 6.45) is 0.0692. The van der Waals surface area contributed by atoms with Crippen molar-refractivity contribution in [3.05, 3.63) is 45.6 Å². The van der Waals surface area contributed by atoms with Crippen LogP contribution in [0.1, 0.15) is 47.4 Å². The molecule has 1 aromatic carbocycles. The zero-order valence-corrected chi connectivity index (χ0v) is 17.8. The number of aryl methyl sites for hydroxylation is 3. The number of ether oxygens (including phenoxy) is 2. The molecule has 0 amide bonds. The van der Waals surface area contributed by atoms with Gasteiger partial charge in [0.15, 0.2) is 0 Å². The Morgan fingerprint density at radius 3 is 2.36 bits per heavy atom. The summed E-state index contributed by atoms with van der Waals surface area (Å²) in [5.74, 6) is 0.152. The van der Waals surface area contributed by atoms with Crippen molar-refractivity contribution in [2.24, 2.45) is 0 Å². The standard InChI is InChI=1S/C21H27ClN2O4/c1-7-16(14(5)25)24-17-10-13(4)23-20(18(17)21(26)27-6)28-19-11(2)8-15(22)9-12(19)3/h8-10,14,16,25H,7H2,1-6H3,(H,23,24)/t14-,16+/m0/s1. The summed E-state index contributed by atoms with van der Waals surface area (Å²) in [7, 11) is 1.31. The van der Waals surface area contributed by atoms with Crippen molar-refractivity contribution in [3.63, 3.8) is 0 Å². The molecule has 2 N–H and O–H groups in total. The van der Waals surface area contributed by atoms with Gasteiger partial charge in [-0.1, -0.05) is 18.5 Å². The molecule has 2 rings (SSSR count). The molecular weight excluding hydrogens is 380 g/mol. The van der Waals surface area contributed by atoms with E-state index in [1.165, 1.54) is 7.11 Å². The predicted octanol–water partition coefficient (Wildman–Crippen LogP) is 4.81. The van der Waals surface area contributed by atoms with Crippen LogP contribution >= 0.6 is 11.6 Å². The van der Waals surface area contributed by atoms with Crippen LogP contribution < -0.4 is 10.1 Å². The van der Waals surface area contributed by atoms with Crippen LogP contribution in [0.3, 0.4) is 0 Å². The van der Waals surface area contributed by atoms with Gasteiger partial charge in [0.05, 0.1) is 24.9 Å². The number of benzene rings is 1. The predicted molar refractivity (Wildman–Crippen MR) is 111 cm³/mol. The third-order valence-corrected chi connectivity index (χ3v) is 4.71. The van der Waals surface area contributed by atoms with Crippen LogP contribution in [0.2, 0.25) is 5.02 Å². The van der Waals surface area contributed by atoms with E-state index in [9.17, 15) is 9.90 Å². The maximum atomic E-state index is 12.6. The van der Waals surface area contributed by atoms with Gasteiger partial charge in [0.25, 0.3) is 0 Å². The van der Waals surface area contributed by atoms with E-state index in [4.69, 9.17) is 21.1 Å². The molecule has 0 saturated heterocycles. The second-order valence-corrected chi connectivity index (χ2v) is 7.29. The first-order valence-electron chi connectivity index (χ1n) is 9.17. The van der Waals surface area contributed by atoms with E-state index < -0.39 is 12.1 Å². The number of aliphatic hydroxyl groups is 1. The first-order valence-corrected chi connectivity index (χ1v) is 9.54. The molecule has 0 aliphatic carbocycles. The SMILES string of the molecule is CC[C@@H](Nc1cc(C)nc(Oc2c(C)cc(Cl)cc2C)c1C(=O)OC)[C@H](C)O. The van der Waals surface area contributed by atoms with Crippen LogP contribution in [0.5, 0.6) is 11.6 Å². The van der Waals surface area contributed by atoms with Crippen molar-refractivity contribution in [1.82, 2.24) is 4.98 Å². The van der Waals surface area contributed by atoms with E-state index in [-0.39, 0.29) is 17.5 Å². The van der Waals surface area contributed by atoms with Gasteiger partial charge >= 0.3 is 5.97 Å². The Kier molecular flexibility index (Phi) is 7.27. The Morgan fingerprint density at radius 1 is 1.25 bits per heavy atom. The Balaban J connectivity index is 2.59. The number of hydrogen-bond donors (Lipinski definition) is 2. The third-order valence-electron chi connectivity index (χ3n) is 4.49. The lowest BCUT2D eigenvalue weighted by atomic mass is 10.1. The molecule has 0 aliphatic heterocycles. The number of aromatic nitrogens is 1. The van der Waals surface area contributed by atoms with E-state index >= 15 is 0 Å². The number of esters is 1. The smallest absolute Gasteiger partial charge is 0.345 e. The molecule has 152 valence electrons. The van der Waals surface area contributed by atoms with Gasteiger partial charge in [-0.15, -0.1) is 0 Å². The molecule has 7 heteroatoms. The fraction of sp³-hybridized carbons (Fsp3) is 0.429. The Hall–Kier alpha value is -2.31. The molecule has 1 aromatic heterocycles. The molecular formula is C21H27ClN2O4. The Bertz CT molecular complexity index is 845. The zero-order chi connectivity index (χ0) is 21.0. The van der Waals surface area contributed by atoms with Crippen LogP contribution in [-0.4, -0.2) is 35.3 Å². The molecule has 0 radical (unpaired) electrons. The van der Waals surface area contributed by atoms with Gasteiger partial charge in [0.2, 0.25) is 5.88 Å². The minimum Gasteiger partial charge on any atom is -0.465 e. The molecule has 0 spiro atoms. The summed E-state index contributed by atoms with van der Waals surface area (Å²) >= 11 is 6.10. The highest BCUT2D eigenvalue weighted by atomic mass is 35.5. The fourth-order valence-electron chi connectivity index (χ4n) is 3.05. The van der Waals surface area contributed by atoms with Gasteiger partial charge in [-0.3, -0.25) is 0 Å². The van der Waals surface area contributed by atoms with Crippen LogP contribution in [-0.2, 0) is 4.74 Å². The molecule has 6 nitrogen and oxygen atoms in total. The summed E-state index contributed by atoms with van der Waals surface area (Å²) in [5, 5.41) is 13.8. The monoisotopic (exact) mass is 406 g/mol. The lowest BCUT2D eigenvalue weighted by Gasteiger charge is -2.23. The van der Waals surface area contributed by atoms with Gasteiger partial charge in [-0.2, -0.15) is 0 Å². The van der Waals surface area contributed by atoms with Crippen LogP contribution in [0.15, 0.2) is 18.2 Å². The van der Waals surface area contributed by atoms with Gasteiger partial charge in [-0.25, -0.2) is 9.78 Å². The largest absolute Gasteiger partial charge is 0.465 e. The molecule has 0 bridgehead atoms. The average Bonchev–Trinajstić information content (AvgIpc) is 2.61. The van der Waals surface area contributed by atoms with Crippen molar-refractivity contribution in [2.45, 2.75) is 53.2 Å². The van der Waals surface area contributed by atoms with Crippen molar-refractivity contribution in [3.8, 4) is 11.6 Å². The van der Waals surface area contributed by atoms with Crippen LogP contribution in [0, 0.1) is 20.8 Å². The zero-order valence-electron chi connectivity index (χ0n) is 17.1. The number of hydrogen-bond acceptors (Lipinski definition) is 6. The summed E-state index contributed by atoms with van der Waals surface area (Å²) in [6, 6.07) is 5.08. The number of pyridine rings is 1. The average molecular weight is 407 g/mol. The van der Waals surface area contributed by atoms with Crippen molar-refractivity contribution >= 4 is 23.3 Å². The number of aliphatic hydroxyl groups excluding tert-OH is 1. The van der Waals surface area contributed by atoms with Crippen molar-refractivity contribution < 1.29 is 19.4 Å². The minimum absolute atomic E-state index is 0.142. The highest BCUT2D eigenvalue weighted by Gasteiger charge is 2.25. The maximum Gasteiger partial charge on any atom is 0.345 e.